The van der Waals surface area contributed by atoms with Gasteiger partial charge in [-0.25, -0.2) is 0 Å². The number of carbonyl (C=O) groups excluding carboxylic acids is 1. The monoisotopic (exact) mass is 353 g/mol. The van der Waals surface area contributed by atoms with Gasteiger partial charge in [-0.15, -0.1) is 0 Å². The predicted molar refractivity (Wildman–Crippen MR) is 84.5 cm³/mol. The van der Waals surface area contributed by atoms with Crippen LogP contribution < -0.4 is 5.32 Å². The maximum Gasteiger partial charge on any atom is 0.306 e. The highest BCUT2D eigenvalue weighted by Gasteiger charge is 2.27. The average Bonchev–Trinajstić information content (AvgIpc) is 2.43. The topological polar surface area (TPSA) is 66.4 Å². The Hall–Kier alpha value is -1.36. The zero-order valence-electron chi connectivity index (χ0n) is 12.3. The number of hydrogen-bond acceptors (Lipinski definition) is 2. The van der Waals surface area contributed by atoms with Crippen LogP contribution in [0, 0.1) is 19.8 Å². The molecule has 4 nitrogen and oxygen atoms in total. The van der Waals surface area contributed by atoms with Gasteiger partial charge in [0.15, 0.2) is 0 Å². The number of aliphatic carboxylic acids is 1. The standard InChI is InChI=1S/C16H20BrNO3/c1-9-8-14(17)10(2)7-13(9)15(19)18-12-5-3-11(4-6-12)16(20)21/h7-8,11-12H,3-6H2,1-2H3,(H,18,19)(H,20,21). The van der Waals surface area contributed by atoms with Gasteiger partial charge in [0.25, 0.3) is 5.91 Å². The van der Waals surface area contributed by atoms with Crippen molar-refractivity contribution in [3.05, 3.63) is 33.3 Å². The van der Waals surface area contributed by atoms with Crippen molar-refractivity contribution in [3.8, 4) is 0 Å². The lowest BCUT2D eigenvalue weighted by atomic mass is 9.86. The largest absolute Gasteiger partial charge is 0.481 e. The zero-order valence-corrected chi connectivity index (χ0v) is 13.9. The Morgan fingerprint density at radius 3 is 2.33 bits per heavy atom. The Bertz CT molecular complexity index is 563. The van der Waals surface area contributed by atoms with Crippen LogP contribution in [0.3, 0.4) is 0 Å². The lowest BCUT2D eigenvalue weighted by Crippen LogP contribution is -2.39. The van der Waals surface area contributed by atoms with E-state index in [1.807, 2.05) is 26.0 Å². The van der Waals surface area contributed by atoms with Gasteiger partial charge in [0.2, 0.25) is 0 Å². The van der Waals surface area contributed by atoms with Crippen LogP contribution in [0.1, 0.15) is 47.2 Å². The Morgan fingerprint density at radius 1 is 1.14 bits per heavy atom. The molecule has 0 aromatic heterocycles. The second-order valence-corrected chi connectivity index (χ2v) is 6.63. The molecule has 1 aliphatic carbocycles. The highest BCUT2D eigenvalue weighted by Crippen LogP contribution is 2.25. The van der Waals surface area contributed by atoms with E-state index in [1.165, 1.54) is 0 Å². The molecular weight excluding hydrogens is 334 g/mol. The average molecular weight is 354 g/mol. The first-order valence-corrected chi connectivity index (χ1v) is 7.98. The Balaban J connectivity index is 2.00. The number of benzene rings is 1. The summed E-state index contributed by atoms with van der Waals surface area (Å²) in [7, 11) is 0. The van der Waals surface area contributed by atoms with Crippen LogP contribution in [-0.2, 0) is 4.79 Å². The Labute approximate surface area is 133 Å². The van der Waals surface area contributed by atoms with E-state index in [4.69, 9.17) is 5.11 Å². The van der Waals surface area contributed by atoms with Gasteiger partial charge in [0.1, 0.15) is 0 Å². The van der Waals surface area contributed by atoms with Crippen LogP contribution in [0.25, 0.3) is 0 Å². The van der Waals surface area contributed by atoms with Crippen molar-refractivity contribution in [1.29, 1.82) is 0 Å². The quantitative estimate of drug-likeness (QED) is 0.874. The lowest BCUT2D eigenvalue weighted by Gasteiger charge is -2.27. The molecular formula is C16H20BrNO3. The van der Waals surface area contributed by atoms with Gasteiger partial charge >= 0.3 is 5.97 Å². The van der Waals surface area contributed by atoms with E-state index in [-0.39, 0.29) is 17.9 Å². The Morgan fingerprint density at radius 2 is 1.76 bits per heavy atom. The lowest BCUT2D eigenvalue weighted by molar-refractivity contribution is -0.142. The molecule has 0 spiro atoms. The molecule has 1 aromatic rings. The van der Waals surface area contributed by atoms with Gasteiger partial charge in [-0.1, -0.05) is 15.9 Å². The van der Waals surface area contributed by atoms with Gasteiger partial charge in [-0.2, -0.15) is 0 Å². The van der Waals surface area contributed by atoms with Crippen LogP contribution in [0.2, 0.25) is 0 Å². The normalized spacial score (nSPS) is 21.9. The summed E-state index contributed by atoms with van der Waals surface area (Å²) in [5, 5.41) is 12.0. The highest BCUT2D eigenvalue weighted by atomic mass is 79.9. The van der Waals surface area contributed by atoms with Crippen molar-refractivity contribution >= 4 is 27.8 Å². The third-order valence-electron chi connectivity index (χ3n) is 4.16. The minimum Gasteiger partial charge on any atom is -0.481 e. The summed E-state index contributed by atoms with van der Waals surface area (Å²) in [6, 6.07) is 3.92. The first-order chi connectivity index (χ1) is 9.88. The molecule has 0 radical (unpaired) electrons. The van der Waals surface area contributed by atoms with E-state index in [0.717, 1.165) is 28.4 Å². The third kappa shape index (κ3) is 3.84. The minimum atomic E-state index is -0.723. The van der Waals surface area contributed by atoms with Crippen molar-refractivity contribution in [1.82, 2.24) is 5.32 Å². The van der Waals surface area contributed by atoms with Crippen molar-refractivity contribution in [2.45, 2.75) is 45.6 Å². The number of aryl methyl sites for hydroxylation is 2. The third-order valence-corrected chi connectivity index (χ3v) is 5.02. The highest BCUT2D eigenvalue weighted by molar-refractivity contribution is 9.10. The summed E-state index contributed by atoms with van der Waals surface area (Å²) >= 11 is 3.46. The maximum atomic E-state index is 12.4. The van der Waals surface area contributed by atoms with Crippen LogP contribution in [0.5, 0.6) is 0 Å². The number of nitrogens with one attached hydrogen (secondary N) is 1. The SMILES string of the molecule is Cc1cc(C(=O)NC2CCC(C(=O)O)CC2)c(C)cc1Br. The maximum absolute atomic E-state index is 12.4. The van der Waals surface area contributed by atoms with Crippen LogP contribution in [0.15, 0.2) is 16.6 Å². The number of hydrogen-bond donors (Lipinski definition) is 2. The van der Waals surface area contributed by atoms with E-state index >= 15 is 0 Å². The van der Waals surface area contributed by atoms with Crippen molar-refractivity contribution in [2.75, 3.05) is 0 Å². The zero-order chi connectivity index (χ0) is 15.6. The number of carboxylic acid groups (broad SMARTS) is 1. The molecule has 1 amide bonds. The second-order valence-electron chi connectivity index (χ2n) is 5.78. The predicted octanol–water partition coefficient (Wildman–Crippen LogP) is 3.44. The van der Waals surface area contributed by atoms with Crippen LogP contribution in [0.4, 0.5) is 0 Å². The van der Waals surface area contributed by atoms with Gasteiger partial charge < -0.3 is 10.4 Å². The first kappa shape index (κ1) is 16.0. The molecule has 1 aromatic carbocycles. The number of halogens is 1. The van der Waals surface area contributed by atoms with E-state index in [1.54, 1.807) is 0 Å². The van der Waals surface area contributed by atoms with Gasteiger partial charge in [0, 0.05) is 16.1 Å². The smallest absolute Gasteiger partial charge is 0.306 e. The van der Waals surface area contributed by atoms with E-state index in [0.29, 0.717) is 18.4 Å². The van der Waals surface area contributed by atoms with E-state index in [9.17, 15) is 9.59 Å². The number of rotatable bonds is 3. The van der Waals surface area contributed by atoms with Crippen LogP contribution >= 0.6 is 15.9 Å². The van der Waals surface area contributed by atoms with Gasteiger partial charge in [-0.05, 0) is 62.8 Å². The molecule has 0 saturated heterocycles. The summed E-state index contributed by atoms with van der Waals surface area (Å²) in [6.07, 6.45) is 2.74. The number of carbonyl (C=O) groups is 2. The summed E-state index contributed by atoms with van der Waals surface area (Å²) in [6.45, 7) is 3.87. The van der Waals surface area contributed by atoms with Gasteiger partial charge in [0.05, 0.1) is 5.92 Å². The molecule has 0 aliphatic heterocycles. The summed E-state index contributed by atoms with van der Waals surface area (Å²) in [4.78, 5) is 23.3. The minimum absolute atomic E-state index is 0.0677. The molecule has 21 heavy (non-hydrogen) atoms. The van der Waals surface area contributed by atoms with E-state index in [2.05, 4.69) is 21.2 Å². The van der Waals surface area contributed by atoms with Crippen molar-refractivity contribution in [2.24, 2.45) is 5.92 Å². The molecule has 2 N–H and O–H groups in total. The molecule has 114 valence electrons. The summed E-state index contributed by atoms with van der Waals surface area (Å²) in [5.41, 5.74) is 2.65. The van der Waals surface area contributed by atoms with Crippen LogP contribution in [-0.4, -0.2) is 23.0 Å². The van der Waals surface area contributed by atoms with Crippen molar-refractivity contribution < 1.29 is 14.7 Å². The van der Waals surface area contributed by atoms with E-state index < -0.39 is 5.97 Å². The molecule has 0 bridgehead atoms. The fraction of sp³-hybridized carbons (Fsp3) is 0.500. The molecule has 5 heteroatoms. The molecule has 0 heterocycles. The molecule has 1 fully saturated rings. The van der Waals surface area contributed by atoms with Gasteiger partial charge in [-0.3, -0.25) is 9.59 Å². The molecule has 0 unspecified atom stereocenters. The Kier molecular flexibility index (Phi) is 5.04. The number of carboxylic acids is 1. The fourth-order valence-electron chi connectivity index (χ4n) is 2.77. The number of amides is 1. The first-order valence-electron chi connectivity index (χ1n) is 7.19. The fourth-order valence-corrected chi connectivity index (χ4v) is 3.23. The molecule has 0 atom stereocenters. The summed E-state index contributed by atoms with van der Waals surface area (Å²) < 4.78 is 0.999. The summed E-state index contributed by atoms with van der Waals surface area (Å²) in [5.74, 6) is -1.05. The molecule has 1 aliphatic rings. The second kappa shape index (κ2) is 6.60. The molecule has 2 rings (SSSR count). The molecule has 1 saturated carbocycles. The van der Waals surface area contributed by atoms with Crippen molar-refractivity contribution in [3.63, 3.8) is 0 Å².